The van der Waals surface area contributed by atoms with Gasteiger partial charge in [0.1, 0.15) is 33.4 Å². The highest BCUT2D eigenvalue weighted by molar-refractivity contribution is 7.17. The fourth-order valence-electron chi connectivity index (χ4n) is 3.70. The van der Waals surface area contributed by atoms with Crippen LogP contribution in [0.2, 0.25) is 0 Å². The zero-order valence-corrected chi connectivity index (χ0v) is 23.7. The molecule has 0 atom stereocenters. The summed E-state index contributed by atoms with van der Waals surface area (Å²) >= 11 is 1.25. The van der Waals surface area contributed by atoms with Gasteiger partial charge in [-0.15, -0.1) is 21.5 Å². The fourth-order valence-corrected chi connectivity index (χ4v) is 4.54. The first kappa shape index (κ1) is 28.2. The van der Waals surface area contributed by atoms with Crippen molar-refractivity contribution in [2.24, 2.45) is 5.92 Å². The van der Waals surface area contributed by atoms with Gasteiger partial charge in [0.25, 0.3) is 11.8 Å². The molecule has 1 aromatic carbocycles. The summed E-state index contributed by atoms with van der Waals surface area (Å²) in [6.07, 6.45) is 3.23. The molecule has 1 saturated carbocycles. The van der Waals surface area contributed by atoms with Crippen LogP contribution in [-0.4, -0.2) is 74.8 Å². The van der Waals surface area contributed by atoms with Crippen molar-refractivity contribution in [3.63, 3.8) is 0 Å². The van der Waals surface area contributed by atoms with Crippen molar-refractivity contribution in [1.29, 1.82) is 0 Å². The second-order valence-corrected chi connectivity index (χ2v) is 11.7. The molecule has 1 fully saturated rings. The molecule has 11 nitrogen and oxygen atoms in total. The molecule has 1 aliphatic carbocycles. The number of para-hydroxylation sites is 1. The monoisotopic (exact) mass is 545 g/mol. The van der Waals surface area contributed by atoms with Gasteiger partial charge in [-0.05, 0) is 44.1 Å². The molecule has 0 spiro atoms. The van der Waals surface area contributed by atoms with Crippen molar-refractivity contribution in [3.8, 4) is 16.3 Å². The predicted octanol–water partition coefficient (Wildman–Crippen LogP) is 0.0794. The molecule has 15 heteroatoms. The van der Waals surface area contributed by atoms with Gasteiger partial charge in [0.05, 0.1) is 30.2 Å². The fraction of sp³-hybridized carbons (Fsp3) is 0.333. The molecule has 3 amide bonds. The first-order chi connectivity index (χ1) is 18.4. The summed E-state index contributed by atoms with van der Waals surface area (Å²) in [5.41, 5.74) is 1.60. The van der Waals surface area contributed by atoms with E-state index in [2.05, 4.69) is 36.4 Å². The van der Waals surface area contributed by atoms with E-state index in [1.165, 1.54) is 24.6 Å². The minimum Gasteiger partial charge on any atom is -0.494 e. The van der Waals surface area contributed by atoms with Crippen LogP contribution in [0.1, 0.15) is 46.8 Å². The predicted molar refractivity (Wildman–Crippen MR) is 159 cm³/mol. The van der Waals surface area contributed by atoms with Crippen LogP contribution in [0.15, 0.2) is 30.5 Å². The van der Waals surface area contributed by atoms with Crippen LogP contribution in [0.5, 0.6) is 5.75 Å². The van der Waals surface area contributed by atoms with E-state index in [4.69, 9.17) is 4.74 Å². The Morgan fingerprint density at radius 3 is 2.49 bits per heavy atom. The number of carbonyl (C=O) groups is 3. The first-order valence-corrected chi connectivity index (χ1v) is 13.5. The number of thiazole rings is 1. The number of benzene rings is 1. The van der Waals surface area contributed by atoms with Crippen LogP contribution >= 0.6 is 11.3 Å². The van der Waals surface area contributed by atoms with E-state index in [9.17, 15) is 14.4 Å². The van der Waals surface area contributed by atoms with Gasteiger partial charge in [-0.1, -0.05) is 6.07 Å². The number of hydrogen-bond donors (Lipinski definition) is 4. The lowest BCUT2D eigenvalue weighted by Gasteiger charge is -2.22. The molecule has 4 rings (SSSR count). The van der Waals surface area contributed by atoms with E-state index < -0.39 is 11.1 Å². The quantitative estimate of drug-likeness (QED) is 0.262. The largest absolute Gasteiger partial charge is 0.494 e. The van der Waals surface area contributed by atoms with Crippen LogP contribution in [0.3, 0.4) is 0 Å². The van der Waals surface area contributed by atoms with Crippen molar-refractivity contribution >= 4 is 69.8 Å². The van der Waals surface area contributed by atoms with E-state index in [1.54, 1.807) is 12.1 Å². The van der Waals surface area contributed by atoms with Gasteiger partial charge >= 0.3 is 0 Å². The molecule has 200 valence electrons. The number of nitrogens with one attached hydrogen (secondary N) is 4. The Bertz CT molecular complexity index is 1410. The lowest BCUT2D eigenvalue weighted by Crippen LogP contribution is -2.50. The van der Waals surface area contributed by atoms with E-state index >= 15 is 0 Å². The summed E-state index contributed by atoms with van der Waals surface area (Å²) in [7, 11) is 7.13. The maximum atomic E-state index is 13.1. The Morgan fingerprint density at radius 2 is 1.85 bits per heavy atom. The summed E-state index contributed by atoms with van der Waals surface area (Å²) in [5.74, 6) is -0.0613. The summed E-state index contributed by atoms with van der Waals surface area (Å²) in [5, 5.41) is 20.1. The Hall–Kier alpha value is -3.87. The number of nitrogens with zero attached hydrogens (tertiary/aromatic N) is 3. The minimum atomic E-state index is -0.503. The molecule has 3 aromatic rings. The maximum absolute atomic E-state index is 13.1. The maximum Gasteiger partial charge on any atom is 0.272 e. The van der Waals surface area contributed by atoms with Crippen molar-refractivity contribution in [3.05, 3.63) is 41.0 Å². The normalized spacial score (nSPS) is 13.0. The van der Waals surface area contributed by atoms with Crippen molar-refractivity contribution in [2.45, 2.75) is 38.0 Å². The van der Waals surface area contributed by atoms with Crippen molar-refractivity contribution < 1.29 is 19.1 Å². The van der Waals surface area contributed by atoms with Crippen LogP contribution in [-0.2, 0) is 4.79 Å². The molecular weight excluding hydrogens is 515 g/mol. The zero-order chi connectivity index (χ0) is 28.3. The number of carbonyl (C=O) groups excluding carboxylic acids is 3. The molecule has 4 N–H and O–H groups in total. The van der Waals surface area contributed by atoms with Crippen LogP contribution in [0.25, 0.3) is 10.6 Å². The highest BCUT2D eigenvalue weighted by Gasteiger charge is 2.30. The van der Waals surface area contributed by atoms with Crippen LogP contribution < -0.4 is 26.0 Å². The molecular formula is C24H30B3N7O4S. The molecule has 39 heavy (non-hydrogen) atoms. The average Bonchev–Trinajstić information content (AvgIpc) is 3.59. The van der Waals surface area contributed by atoms with Gasteiger partial charge in [0.15, 0.2) is 17.3 Å². The van der Waals surface area contributed by atoms with E-state index in [1.807, 2.05) is 49.5 Å². The van der Waals surface area contributed by atoms with Crippen molar-refractivity contribution in [2.75, 3.05) is 17.7 Å². The molecule has 0 saturated heterocycles. The van der Waals surface area contributed by atoms with Crippen molar-refractivity contribution in [1.82, 2.24) is 25.8 Å². The number of aromatic nitrogens is 3. The Morgan fingerprint density at radius 1 is 1.10 bits per heavy atom. The molecule has 2 heterocycles. The highest BCUT2D eigenvalue weighted by Crippen LogP contribution is 2.40. The van der Waals surface area contributed by atoms with E-state index in [-0.39, 0.29) is 35.3 Å². The number of amides is 3. The number of methoxy groups -OCH3 is 1. The molecule has 0 bridgehead atoms. The lowest BCUT2D eigenvalue weighted by molar-refractivity contribution is -0.117. The standard InChI is InChI=1S/C24H30B3N7O4S/c1-11(2)29-21(36)16-10-28-23(39-16)13-5-4-6-14(19(13)38-3)30-15-9-17(31-20(35)12-7-8-12)33-34-18(15)22(37)32-24(25,26)27/h4-6,9-12H,7-8,25-27H2,1-3H3,(H,29,36)(H,32,37)(H2,30,31,33,35). The molecule has 0 unspecified atom stereocenters. The summed E-state index contributed by atoms with van der Waals surface area (Å²) < 4.78 is 5.75. The zero-order valence-electron chi connectivity index (χ0n) is 22.8. The second-order valence-electron chi connectivity index (χ2n) is 10.6. The lowest BCUT2D eigenvalue weighted by atomic mass is 9.49. The third-order valence-corrected chi connectivity index (χ3v) is 6.59. The van der Waals surface area contributed by atoms with Gasteiger partial charge in [0, 0.05) is 18.0 Å². The summed E-state index contributed by atoms with van der Waals surface area (Å²) in [6, 6.07) is 7.02. The van der Waals surface area contributed by atoms with E-state index in [0.717, 1.165) is 12.8 Å². The molecule has 0 radical (unpaired) electrons. The Kier molecular flexibility index (Phi) is 8.29. The molecule has 0 aliphatic heterocycles. The third-order valence-electron chi connectivity index (χ3n) is 5.57. The summed E-state index contributed by atoms with van der Waals surface area (Å²) in [6.45, 7) is 3.79. The third kappa shape index (κ3) is 7.17. The topological polar surface area (TPSA) is 147 Å². The van der Waals surface area contributed by atoms with Crippen LogP contribution in [0.4, 0.5) is 17.2 Å². The smallest absolute Gasteiger partial charge is 0.272 e. The summed E-state index contributed by atoms with van der Waals surface area (Å²) in [4.78, 5) is 42.8. The second kappa shape index (κ2) is 11.5. The Balaban J connectivity index is 1.69. The highest BCUT2D eigenvalue weighted by atomic mass is 32.1. The molecule has 1 aliphatic rings. The van der Waals surface area contributed by atoms with E-state index in [0.29, 0.717) is 32.6 Å². The first-order valence-electron chi connectivity index (χ1n) is 12.7. The minimum absolute atomic E-state index is 0.00251. The van der Waals surface area contributed by atoms with Gasteiger partial charge in [-0.2, -0.15) is 0 Å². The number of ether oxygens (including phenoxy) is 1. The number of anilines is 3. The average molecular weight is 545 g/mol. The van der Waals surface area contributed by atoms with Gasteiger partial charge in [-0.3, -0.25) is 14.4 Å². The Labute approximate surface area is 233 Å². The SMILES string of the molecule is BC(B)(B)NC(=O)c1nnc(NC(=O)C2CC2)cc1Nc1cccc(-c2ncc(C(=O)NC(C)C)s2)c1OC. The van der Waals surface area contributed by atoms with Gasteiger partial charge < -0.3 is 26.0 Å². The molecule has 2 aromatic heterocycles. The van der Waals surface area contributed by atoms with Crippen LogP contribution in [0, 0.1) is 5.92 Å². The van der Waals surface area contributed by atoms with Gasteiger partial charge in [-0.25, -0.2) is 4.98 Å². The number of hydrogen-bond acceptors (Lipinski definition) is 9. The van der Waals surface area contributed by atoms with Gasteiger partial charge in [0.2, 0.25) is 5.91 Å². The number of rotatable bonds is 10.